The fraction of sp³-hybridized carbons (Fsp3) is 0.600. The van der Waals surface area contributed by atoms with Gasteiger partial charge in [0.25, 0.3) is 11.6 Å². The Morgan fingerprint density at radius 3 is 2.62 bits per heavy atom. The van der Waals surface area contributed by atoms with E-state index in [-0.39, 0.29) is 42.1 Å². The number of aliphatic hydroxyl groups is 1. The molecule has 0 aromatic heterocycles. The maximum absolute atomic E-state index is 13.4. The van der Waals surface area contributed by atoms with Crippen molar-refractivity contribution in [3.05, 3.63) is 27.8 Å². The molecule has 1 aliphatic rings. The fourth-order valence-electron chi connectivity index (χ4n) is 3.48. The zero-order valence-corrected chi connectivity index (χ0v) is 19.0. The van der Waals surface area contributed by atoms with Crippen molar-refractivity contribution < 1.29 is 38.9 Å². The third kappa shape index (κ3) is 6.24. The first-order valence-corrected chi connectivity index (χ1v) is 11.2. The largest absolute Gasteiger partial charge is 0.493 e. The molecule has 1 aliphatic heterocycles. The molecule has 1 saturated heterocycles. The van der Waals surface area contributed by atoms with Crippen molar-refractivity contribution in [1.82, 2.24) is 4.90 Å². The number of amides is 1. The number of carbonyl (C=O) groups is 2. The number of benzene rings is 1. The highest BCUT2D eigenvalue weighted by Crippen LogP contribution is 2.37. The molecule has 2 rings (SSSR count). The highest BCUT2D eigenvalue weighted by Gasteiger charge is 2.42. The molecule has 0 saturated carbocycles. The van der Waals surface area contributed by atoms with Crippen LogP contribution in [0.5, 0.6) is 11.5 Å². The summed E-state index contributed by atoms with van der Waals surface area (Å²) in [5, 5.41) is 30.7. The van der Waals surface area contributed by atoms with Crippen molar-refractivity contribution in [2.45, 2.75) is 44.3 Å². The second-order valence-corrected chi connectivity index (χ2v) is 8.34. The molecule has 1 unspecified atom stereocenters. The van der Waals surface area contributed by atoms with Crippen LogP contribution in [0.4, 0.5) is 5.69 Å². The Hall–Kier alpha value is -2.57. The van der Waals surface area contributed by atoms with Gasteiger partial charge in [-0.3, -0.25) is 19.7 Å². The molecule has 0 bridgehead atoms. The maximum Gasteiger partial charge on any atom is 0.306 e. The maximum atomic E-state index is 13.4. The summed E-state index contributed by atoms with van der Waals surface area (Å²) < 4.78 is 16.3. The molecule has 2 N–H and O–H groups in total. The van der Waals surface area contributed by atoms with Gasteiger partial charge in [0.1, 0.15) is 11.0 Å². The number of methoxy groups -OCH3 is 1. The van der Waals surface area contributed by atoms with Crippen molar-refractivity contribution in [2.24, 2.45) is 0 Å². The summed E-state index contributed by atoms with van der Waals surface area (Å²) in [4.78, 5) is 36.5. The van der Waals surface area contributed by atoms with Crippen molar-refractivity contribution in [2.75, 3.05) is 32.6 Å². The third-order valence-electron chi connectivity index (χ3n) is 4.84. The predicted octanol–water partition coefficient (Wildman–Crippen LogP) is 2.15. The number of aliphatic carboxylic acids is 1. The van der Waals surface area contributed by atoms with E-state index >= 15 is 0 Å². The van der Waals surface area contributed by atoms with Crippen LogP contribution in [0, 0.1) is 10.1 Å². The van der Waals surface area contributed by atoms with Gasteiger partial charge in [-0.15, -0.1) is 11.8 Å². The van der Waals surface area contributed by atoms with Crippen molar-refractivity contribution in [1.29, 1.82) is 0 Å². The summed E-state index contributed by atoms with van der Waals surface area (Å²) in [6.45, 7) is 4.00. The number of hydrogen-bond acceptors (Lipinski definition) is 9. The van der Waals surface area contributed by atoms with Crippen LogP contribution in [0.2, 0.25) is 0 Å². The number of carboxylic acids is 1. The topological polar surface area (TPSA) is 149 Å². The lowest BCUT2D eigenvalue weighted by Gasteiger charge is -2.30. The summed E-state index contributed by atoms with van der Waals surface area (Å²) in [7, 11) is 1.31. The fourth-order valence-corrected chi connectivity index (χ4v) is 4.52. The van der Waals surface area contributed by atoms with E-state index in [1.54, 1.807) is 0 Å². The standard InChI is InChI=1S/C20H28N2O9S/c1-4-30-20(32-5-2)15-8-12(23)11-21(15)19(26)13-9-16(29-3)17(10-14(13)22(27)28)31-7-6-18(24)25/h9-10,12,15,20,23H,4-8,11H2,1-3H3,(H,24,25)/t12-,15+,20?/m1/s1. The number of rotatable bonds is 12. The van der Waals surface area contributed by atoms with E-state index in [1.807, 2.05) is 13.8 Å². The molecule has 1 fully saturated rings. The van der Waals surface area contributed by atoms with Gasteiger partial charge in [-0.2, -0.15) is 0 Å². The number of hydrogen-bond donors (Lipinski definition) is 2. The number of ether oxygens (including phenoxy) is 3. The molecule has 1 heterocycles. The first-order chi connectivity index (χ1) is 15.2. The van der Waals surface area contributed by atoms with Gasteiger partial charge in [0, 0.05) is 19.2 Å². The Morgan fingerprint density at radius 1 is 1.34 bits per heavy atom. The number of β-amino-alcohol motifs (C(OH)–C–C–N with tert-alkyl or cyclic N) is 1. The molecule has 1 aromatic carbocycles. The van der Waals surface area contributed by atoms with E-state index in [0.717, 1.165) is 11.8 Å². The Balaban J connectivity index is 2.41. The molecule has 32 heavy (non-hydrogen) atoms. The Bertz CT molecular complexity index is 830. The lowest BCUT2D eigenvalue weighted by atomic mass is 10.1. The smallest absolute Gasteiger partial charge is 0.306 e. The van der Waals surface area contributed by atoms with Crippen LogP contribution in [0.3, 0.4) is 0 Å². The monoisotopic (exact) mass is 472 g/mol. The number of carbonyl (C=O) groups excluding carboxylic acids is 1. The Kier molecular flexibility index (Phi) is 9.54. The summed E-state index contributed by atoms with van der Waals surface area (Å²) >= 11 is 1.49. The minimum atomic E-state index is -1.09. The number of aliphatic hydroxyl groups excluding tert-OH is 1. The summed E-state index contributed by atoms with van der Waals surface area (Å²) in [6.07, 6.45) is -0.784. The lowest BCUT2D eigenvalue weighted by molar-refractivity contribution is -0.385. The lowest BCUT2D eigenvalue weighted by Crippen LogP contribution is -2.43. The molecule has 0 radical (unpaired) electrons. The van der Waals surface area contributed by atoms with Crippen LogP contribution in [0.25, 0.3) is 0 Å². The van der Waals surface area contributed by atoms with Gasteiger partial charge < -0.3 is 29.3 Å². The summed E-state index contributed by atoms with van der Waals surface area (Å²) in [5.74, 6) is -0.961. The van der Waals surface area contributed by atoms with E-state index < -0.39 is 34.6 Å². The van der Waals surface area contributed by atoms with Crippen LogP contribution < -0.4 is 9.47 Å². The first kappa shape index (κ1) is 25.7. The van der Waals surface area contributed by atoms with E-state index in [1.165, 1.54) is 29.8 Å². The van der Waals surface area contributed by atoms with Gasteiger partial charge in [0.15, 0.2) is 11.5 Å². The molecule has 0 aliphatic carbocycles. The molecular formula is C20H28N2O9S. The molecule has 12 heteroatoms. The van der Waals surface area contributed by atoms with E-state index in [4.69, 9.17) is 19.3 Å². The average Bonchev–Trinajstić information content (AvgIpc) is 3.13. The normalized spacial score (nSPS) is 18.9. The zero-order valence-electron chi connectivity index (χ0n) is 18.2. The molecule has 1 aromatic rings. The number of likely N-dealkylation sites (tertiary alicyclic amines) is 1. The van der Waals surface area contributed by atoms with Crippen LogP contribution in [0.15, 0.2) is 12.1 Å². The van der Waals surface area contributed by atoms with Gasteiger partial charge >= 0.3 is 5.97 Å². The molecule has 11 nitrogen and oxygen atoms in total. The molecule has 3 atom stereocenters. The highest BCUT2D eigenvalue weighted by atomic mass is 32.2. The molecule has 1 amide bonds. The van der Waals surface area contributed by atoms with Gasteiger partial charge in [-0.1, -0.05) is 6.92 Å². The van der Waals surface area contributed by atoms with Gasteiger partial charge in [0.2, 0.25) is 0 Å². The quantitative estimate of drug-likeness (QED) is 0.263. The first-order valence-electron chi connectivity index (χ1n) is 10.2. The van der Waals surface area contributed by atoms with Gasteiger partial charge in [-0.25, -0.2) is 0 Å². The minimum Gasteiger partial charge on any atom is -0.493 e. The molecule has 178 valence electrons. The SMILES string of the molecule is CCOC(SCC)[C@@H]1C[C@@H](O)CN1C(=O)c1cc(OC)c(OCCC(=O)O)cc1[N+](=O)[O-]. The van der Waals surface area contributed by atoms with Crippen molar-refractivity contribution in [3.8, 4) is 11.5 Å². The number of nitrogens with zero attached hydrogens (tertiary/aromatic N) is 2. The number of nitro groups is 1. The summed E-state index contributed by atoms with van der Waals surface area (Å²) in [5.41, 5.74) is -1.10. The van der Waals surface area contributed by atoms with E-state index in [0.29, 0.717) is 13.0 Å². The zero-order chi connectivity index (χ0) is 23.8. The van der Waals surface area contributed by atoms with Crippen LogP contribution >= 0.6 is 11.8 Å². The van der Waals surface area contributed by atoms with Crippen molar-refractivity contribution >= 4 is 29.3 Å². The van der Waals surface area contributed by atoms with E-state index in [2.05, 4.69) is 0 Å². The average molecular weight is 473 g/mol. The Morgan fingerprint density at radius 2 is 2.06 bits per heavy atom. The molecular weight excluding hydrogens is 444 g/mol. The summed E-state index contributed by atoms with van der Waals surface area (Å²) in [6, 6.07) is 1.80. The van der Waals surface area contributed by atoms with Crippen molar-refractivity contribution in [3.63, 3.8) is 0 Å². The van der Waals surface area contributed by atoms with Gasteiger partial charge in [0.05, 0.1) is 43.3 Å². The van der Waals surface area contributed by atoms with Gasteiger partial charge in [-0.05, 0) is 19.1 Å². The van der Waals surface area contributed by atoms with Crippen LogP contribution in [0.1, 0.15) is 37.0 Å². The third-order valence-corrected chi connectivity index (χ3v) is 5.95. The number of thioether (sulfide) groups is 1. The second kappa shape index (κ2) is 11.9. The van der Waals surface area contributed by atoms with Crippen LogP contribution in [-0.2, 0) is 9.53 Å². The Labute approximate surface area is 189 Å². The minimum absolute atomic E-state index is 0.0215. The molecule has 0 spiro atoms. The number of nitro benzene ring substituents is 1. The highest BCUT2D eigenvalue weighted by molar-refractivity contribution is 7.99. The number of carboxylic acid groups (broad SMARTS) is 1. The predicted molar refractivity (Wildman–Crippen MR) is 116 cm³/mol. The van der Waals surface area contributed by atoms with Crippen LogP contribution in [-0.4, -0.2) is 82.1 Å². The second-order valence-electron chi connectivity index (χ2n) is 6.96. The van der Waals surface area contributed by atoms with E-state index in [9.17, 15) is 24.8 Å².